The summed E-state index contributed by atoms with van der Waals surface area (Å²) in [4.78, 5) is 29.0. The van der Waals surface area contributed by atoms with Crippen LogP contribution in [0.5, 0.6) is 5.75 Å². The van der Waals surface area contributed by atoms with E-state index in [1.54, 1.807) is 19.1 Å². The molecule has 0 unspecified atom stereocenters. The third kappa shape index (κ3) is 6.14. The zero-order valence-corrected chi connectivity index (χ0v) is 19.8. The van der Waals surface area contributed by atoms with Gasteiger partial charge in [0.1, 0.15) is 5.75 Å². The number of methoxy groups -OCH3 is 1. The number of piperidine rings is 2. The Hall–Kier alpha value is -2.24. The van der Waals surface area contributed by atoms with Gasteiger partial charge in [-0.3, -0.25) is 9.59 Å². The number of carbonyl (C=O) groups excluding carboxylic acids is 2. The van der Waals surface area contributed by atoms with Gasteiger partial charge in [-0.2, -0.15) is 0 Å². The number of carbonyl (C=O) groups is 2. The number of nitrogen functional groups attached to an aromatic ring is 1. The van der Waals surface area contributed by atoms with E-state index in [4.69, 9.17) is 10.5 Å². The number of benzene rings is 1. The van der Waals surface area contributed by atoms with Crippen LogP contribution in [0.1, 0.15) is 43.0 Å². The van der Waals surface area contributed by atoms with E-state index in [9.17, 15) is 9.59 Å². The van der Waals surface area contributed by atoms with Gasteiger partial charge in [-0.05, 0) is 66.4 Å². The number of halogens is 1. The van der Waals surface area contributed by atoms with Gasteiger partial charge in [0.2, 0.25) is 0 Å². The number of anilines is 1. The fourth-order valence-electron chi connectivity index (χ4n) is 4.31. The predicted molar refractivity (Wildman–Crippen MR) is 125 cm³/mol. The van der Waals surface area contributed by atoms with E-state index in [1.165, 1.54) is 7.11 Å². The van der Waals surface area contributed by atoms with Crippen LogP contribution in [-0.2, 0) is 4.79 Å². The average molecular weight is 491 g/mol. The van der Waals surface area contributed by atoms with Crippen LogP contribution in [0.25, 0.3) is 0 Å². The number of hydrogen-bond donors (Lipinski definition) is 2. The molecule has 2 aliphatic rings. The van der Waals surface area contributed by atoms with Crippen molar-refractivity contribution in [1.29, 1.82) is 0 Å². The number of amides is 2. The first-order chi connectivity index (χ1) is 14.9. The third-order valence-corrected chi connectivity index (χ3v) is 6.82. The Morgan fingerprint density at radius 3 is 2.48 bits per heavy atom. The van der Waals surface area contributed by atoms with Crippen molar-refractivity contribution < 1.29 is 14.3 Å². The first kappa shape index (κ1) is 23.4. The lowest BCUT2D eigenvalue weighted by Crippen LogP contribution is -2.47. The van der Waals surface area contributed by atoms with E-state index in [1.807, 2.05) is 4.90 Å². The SMILES string of the molecule is CC#CC(=O)N1CCC(CN2CCC(NC(=O)c3cc(Br)c(N)cc3OC)CC2)CC1. The van der Waals surface area contributed by atoms with Crippen molar-refractivity contribution in [3.63, 3.8) is 0 Å². The van der Waals surface area contributed by atoms with E-state index in [-0.39, 0.29) is 17.9 Å². The molecular weight excluding hydrogens is 460 g/mol. The van der Waals surface area contributed by atoms with Gasteiger partial charge in [0.05, 0.1) is 12.7 Å². The Morgan fingerprint density at radius 1 is 1.19 bits per heavy atom. The van der Waals surface area contributed by atoms with Gasteiger partial charge >= 0.3 is 0 Å². The lowest BCUT2D eigenvalue weighted by Gasteiger charge is -2.37. The first-order valence-electron chi connectivity index (χ1n) is 10.8. The highest BCUT2D eigenvalue weighted by atomic mass is 79.9. The minimum Gasteiger partial charge on any atom is -0.496 e. The second-order valence-electron chi connectivity index (χ2n) is 8.23. The molecule has 2 saturated heterocycles. The molecule has 0 bridgehead atoms. The van der Waals surface area contributed by atoms with Crippen LogP contribution in [0, 0.1) is 17.8 Å². The number of nitrogens with two attached hydrogens (primary N) is 1. The molecule has 0 aliphatic carbocycles. The Morgan fingerprint density at radius 2 is 1.87 bits per heavy atom. The molecule has 2 amide bonds. The van der Waals surface area contributed by atoms with E-state index in [0.717, 1.165) is 58.4 Å². The molecule has 31 heavy (non-hydrogen) atoms. The third-order valence-electron chi connectivity index (χ3n) is 6.14. The van der Waals surface area contributed by atoms with Crippen LogP contribution < -0.4 is 15.8 Å². The smallest absolute Gasteiger partial charge is 0.298 e. The van der Waals surface area contributed by atoms with E-state index in [0.29, 0.717) is 27.4 Å². The second kappa shape index (κ2) is 10.9. The fourth-order valence-corrected chi connectivity index (χ4v) is 4.65. The largest absolute Gasteiger partial charge is 0.496 e. The molecule has 2 aliphatic heterocycles. The van der Waals surface area contributed by atoms with Crippen LogP contribution in [0.2, 0.25) is 0 Å². The van der Waals surface area contributed by atoms with Crippen LogP contribution >= 0.6 is 15.9 Å². The molecule has 168 valence electrons. The summed E-state index contributed by atoms with van der Waals surface area (Å²) in [6.07, 6.45) is 3.90. The Kier molecular flexibility index (Phi) is 8.22. The number of nitrogens with zero attached hydrogens (tertiary/aromatic N) is 2. The predicted octanol–water partition coefficient (Wildman–Crippen LogP) is 2.50. The monoisotopic (exact) mass is 490 g/mol. The number of nitrogens with one attached hydrogen (secondary N) is 1. The maximum Gasteiger partial charge on any atom is 0.298 e. The molecule has 3 rings (SSSR count). The molecule has 2 heterocycles. The molecule has 8 heteroatoms. The van der Waals surface area contributed by atoms with Gasteiger partial charge in [-0.1, -0.05) is 5.92 Å². The highest BCUT2D eigenvalue weighted by Crippen LogP contribution is 2.29. The number of ether oxygens (including phenoxy) is 1. The Bertz CT molecular complexity index is 864. The van der Waals surface area contributed by atoms with Crippen molar-refractivity contribution in [3.8, 4) is 17.6 Å². The summed E-state index contributed by atoms with van der Waals surface area (Å²) in [6, 6.07) is 3.52. The molecule has 0 radical (unpaired) electrons. The van der Waals surface area contributed by atoms with Crippen LogP contribution in [-0.4, -0.2) is 67.5 Å². The summed E-state index contributed by atoms with van der Waals surface area (Å²) in [5.41, 5.74) is 6.91. The van der Waals surface area contributed by atoms with Gasteiger partial charge in [0.25, 0.3) is 11.8 Å². The van der Waals surface area contributed by atoms with E-state index >= 15 is 0 Å². The van der Waals surface area contributed by atoms with Gasteiger partial charge in [0, 0.05) is 55.0 Å². The average Bonchev–Trinajstić information content (AvgIpc) is 2.77. The zero-order chi connectivity index (χ0) is 22.4. The second-order valence-corrected chi connectivity index (χ2v) is 9.09. The van der Waals surface area contributed by atoms with Gasteiger partial charge in [-0.15, -0.1) is 0 Å². The van der Waals surface area contributed by atoms with Crippen LogP contribution in [0.3, 0.4) is 0 Å². The van der Waals surface area contributed by atoms with Crippen molar-refractivity contribution >= 4 is 33.4 Å². The lowest BCUT2D eigenvalue weighted by atomic mass is 9.94. The molecule has 1 aromatic rings. The summed E-state index contributed by atoms with van der Waals surface area (Å²) in [7, 11) is 1.54. The zero-order valence-electron chi connectivity index (χ0n) is 18.2. The van der Waals surface area contributed by atoms with Crippen LogP contribution in [0.4, 0.5) is 5.69 Å². The van der Waals surface area contributed by atoms with Gasteiger partial charge in [-0.25, -0.2) is 0 Å². The minimum atomic E-state index is -0.136. The summed E-state index contributed by atoms with van der Waals surface area (Å²) < 4.78 is 6.01. The lowest BCUT2D eigenvalue weighted by molar-refractivity contribution is -0.126. The van der Waals surface area contributed by atoms with Crippen molar-refractivity contribution in [1.82, 2.24) is 15.1 Å². The Balaban J connectivity index is 1.44. The summed E-state index contributed by atoms with van der Waals surface area (Å²) in [5.74, 6) is 6.22. The summed E-state index contributed by atoms with van der Waals surface area (Å²) in [5, 5.41) is 3.15. The number of hydrogen-bond acceptors (Lipinski definition) is 5. The quantitative estimate of drug-likeness (QED) is 0.488. The normalized spacial score (nSPS) is 18.2. The molecule has 0 spiro atoms. The molecule has 2 fully saturated rings. The maximum absolute atomic E-state index is 12.8. The molecule has 0 aromatic heterocycles. The topological polar surface area (TPSA) is 87.9 Å². The van der Waals surface area contributed by atoms with Crippen molar-refractivity contribution in [3.05, 3.63) is 22.2 Å². The minimum absolute atomic E-state index is 0.0535. The fraction of sp³-hybridized carbons (Fsp3) is 0.565. The summed E-state index contributed by atoms with van der Waals surface area (Å²) in [6.45, 7) is 6.28. The maximum atomic E-state index is 12.8. The molecule has 1 aromatic carbocycles. The molecule has 3 N–H and O–H groups in total. The first-order valence-corrected chi connectivity index (χ1v) is 11.6. The molecule has 0 saturated carbocycles. The number of likely N-dealkylation sites (tertiary alicyclic amines) is 2. The molecule has 7 nitrogen and oxygen atoms in total. The number of rotatable bonds is 5. The highest BCUT2D eigenvalue weighted by Gasteiger charge is 2.27. The standard InChI is InChI=1S/C23H31BrN4O3/c1-3-4-22(29)28-11-5-16(6-12-28)15-27-9-7-17(8-10-27)26-23(30)18-13-19(24)20(25)14-21(18)31-2/h13-14,16-17H,5-12,15,25H2,1-2H3,(H,26,30). The van der Waals surface area contributed by atoms with E-state index < -0.39 is 0 Å². The van der Waals surface area contributed by atoms with Crippen molar-refractivity contribution in [2.45, 2.75) is 38.6 Å². The van der Waals surface area contributed by atoms with Crippen molar-refractivity contribution in [2.24, 2.45) is 5.92 Å². The van der Waals surface area contributed by atoms with Crippen molar-refractivity contribution in [2.75, 3.05) is 45.6 Å². The highest BCUT2D eigenvalue weighted by molar-refractivity contribution is 9.10. The van der Waals surface area contributed by atoms with Gasteiger partial charge < -0.3 is 25.6 Å². The molecular formula is C23H31BrN4O3. The molecule has 0 atom stereocenters. The Labute approximate surface area is 192 Å². The van der Waals surface area contributed by atoms with Crippen LogP contribution in [0.15, 0.2) is 16.6 Å². The van der Waals surface area contributed by atoms with E-state index in [2.05, 4.69) is 38.0 Å². The summed E-state index contributed by atoms with van der Waals surface area (Å²) >= 11 is 3.38. The van der Waals surface area contributed by atoms with Gasteiger partial charge in [0.15, 0.2) is 0 Å².